The lowest BCUT2D eigenvalue weighted by Crippen LogP contribution is -2.46. The molecule has 6 heteroatoms. The summed E-state index contributed by atoms with van der Waals surface area (Å²) in [5, 5.41) is 5.95. The van der Waals surface area contributed by atoms with Crippen molar-refractivity contribution in [2.24, 2.45) is 5.92 Å². The van der Waals surface area contributed by atoms with Crippen LogP contribution in [0.15, 0.2) is 24.3 Å². The Balaban J connectivity index is 1.43. The van der Waals surface area contributed by atoms with Crippen molar-refractivity contribution in [3.8, 4) is 0 Å². The van der Waals surface area contributed by atoms with Crippen molar-refractivity contribution in [3.05, 3.63) is 30.1 Å². The number of hydrogen-bond donors (Lipinski definition) is 2. The quantitative estimate of drug-likeness (QED) is 0.879. The van der Waals surface area contributed by atoms with E-state index in [-0.39, 0.29) is 23.7 Å². The highest BCUT2D eigenvalue weighted by molar-refractivity contribution is 5.89. The molecule has 0 spiro atoms. The van der Waals surface area contributed by atoms with E-state index in [0.717, 1.165) is 12.8 Å². The molecule has 1 aromatic rings. The predicted octanol–water partition coefficient (Wildman–Crippen LogP) is 3.52. The maximum absolute atomic E-state index is 12.9. The van der Waals surface area contributed by atoms with E-state index in [1.54, 1.807) is 4.90 Å². The van der Waals surface area contributed by atoms with Gasteiger partial charge in [-0.2, -0.15) is 0 Å². The largest absolute Gasteiger partial charge is 0.353 e. The van der Waals surface area contributed by atoms with Gasteiger partial charge >= 0.3 is 6.03 Å². The second-order valence-corrected chi connectivity index (χ2v) is 7.04. The van der Waals surface area contributed by atoms with Gasteiger partial charge in [0.05, 0.1) is 0 Å². The fourth-order valence-electron chi connectivity index (χ4n) is 3.65. The van der Waals surface area contributed by atoms with E-state index in [1.165, 1.54) is 43.5 Å². The van der Waals surface area contributed by atoms with E-state index in [0.29, 0.717) is 37.7 Å². The van der Waals surface area contributed by atoms with E-state index in [2.05, 4.69) is 10.6 Å². The third-order valence-electron chi connectivity index (χ3n) is 5.20. The maximum atomic E-state index is 12.9. The average Bonchev–Trinajstić information content (AvgIpc) is 2.64. The number of likely N-dealkylation sites (tertiary alicyclic amines) is 1. The highest BCUT2D eigenvalue weighted by Gasteiger charge is 2.28. The molecule has 1 aromatic carbocycles. The first-order valence-electron chi connectivity index (χ1n) is 9.24. The van der Waals surface area contributed by atoms with Crippen LogP contribution in [-0.4, -0.2) is 36.0 Å². The molecule has 136 valence electrons. The molecular weight excluding hydrogens is 321 g/mol. The third-order valence-corrected chi connectivity index (χ3v) is 5.20. The Morgan fingerprint density at radius 2 is 1.60 bits per heavy atom. The van der Waals surface area contributed by atoms with Crippen LogP contribution in [0.25, 0.3) is 0 Å². The fraction of sp³-hybridized carbons (Fsp3) is 0.579. The highest BCUT2D eigenvalue weighted by atomic mass is 19.1. The van der Waals surface area contributed by atoms with E-state index >= 15 is 0 Å². The van der Waals surface area contributed by atoms with Gasteiger partial charge in [-0.05, 0) is 49.9 Å². The second-order valence-electron chi connectivity index (χ2n) is 7.04. The number of carbonyl (C=O) groups excluding carboxylic acids is 2. The molecule has 2 N–H and O–H groups in total. The molecule has 1 saturated carbocycles. The Hall–Kier alpha value is -2.11. The number of rotatable bonds is 3. The lowest BCUT2D eigenvalue weighted by molar-refractivity contribution is -0.127. The van der Waals surface area contributed by atoms with Gasteiger partial charge in [-0.3, -0.25) is 4.79 Å². The van der Waals surface area contributed by atoms with Crippen LogP contribution < -0.4 is 10.6 Å². The summed E-state index contributed by atoms with van der Waals surface area (Å²) in [6.45, 7) is 1.13. The topological polar surface area (TPSA) is 61.4 Å². The number of benzene rings is 1. The normalized spacial score (nSPS) is 19.5. The molecule has 0 radical (unpaired) electrons. The maximum Gasteiger partial charge on any atom is 0.321 e. The zero-order chi connectivity index (χ0) is 17.6. The Bertz CT molecular complexity index is 591. The van der Waals surface area contributed by atoms with Gasteiger partial charge in [0.1, 0.15) is 5.82 Å². The van der Waals surface area contributed by atoms with Crippen LogP contribution >= 0.6 is 0 Å². The Labute approximate surface area is 148 Å². The average molecular weight is 347 g/mol. The first-order chi connectivity index (χ1) is 12.1. The predicted molar refractivity (Wildman–Crippen MR) is 94.7 cm³/mol. The molecule has 0 bridgehead atoms. The summed E-state index contributed by atoms with van der Waals surface area (Å²) in [4.78, 5) is 26.4. The van der Waals surface area contributed by atoms with E-state index in [4.69, 9.17) is 0 Å². The van der Waals surface area contributed by atoms with Crippen LogP contribution in [0.2, 0.25) is 0 Å². The molecule has 2 fully saturated rings. The zero-order valence-electron chi connectivity index (χ0n) is 14.5. The summed E-state index contributed by atoms with van der Waals surface area (Å²) in [5.41, 5.74) is 0.573. The van der Waals surface area contributed by atoms with Crippen molar-refractivity contribution in [2.75, 3.05) is 18.4 Å². The minimum atomic E-state index is -0.331. The lowest BCUT2D eigenvalue weighted by Gasteiger charge is -2.32. The monoisotopic (exact) mass is 347 g/mol. The number of halogens is 1. The van der Waals surface area contributed by atoms with Crippen molar-refractivity contribution < 1.29 is 14.0 Å². The van der Waals surface area contributed by atoms with E-state index in [1.807, 2.05) is 0 Å². The molecule has 5 nitrogen and oxygen atoms in total. The summed E-state index contributed by atoms with van der Waals surface area (Å²) in [5.74, 6) is -0.190. The minimum absolute atomic E-state index is 0.00297. The molecular formula is C19H26FN3O2. The van der Waals surface area contributed by atoms with Gasteiger partial charge in [0.15, 0.2) is 0 Å². The molecule has 0 atom stereocenters. The first-order valence-corrected chi connectivity index (χ1v) is 9.24. The van der Waals surface area contributed by atoms with Crippen LogP contribution in [-0.2, 0) is 4.79 Å². The molecule has 25 heavy (non-hydrogen) atoms. The second kappa shape index (κ2) is 8.32. The Kier molecular flexibility index (Phi) is 5.89. The number of carbonyl (C=O) groups is 2. The Morgan fingerprint density at radius 3 is 2.24 bits per heavy atom. The van der Waals surface area contributed by atoms with Gasteiger partial charge < -0.3 is 15.5 Å². The van der Waals surface area contributed by atoms with Crippen molar-refractivity contribution in [1.82, 2.24) is 10.2 Å². The molecule has 3 rings (SSSR count). The van der Waals surface area contributed by atoms with Crippen molar-refractivity contribution in [3.63, 3.8) is 0 Å². The number of hydrogen-bond acceptors (Lipinski definition) is 2. The lowest BCUT2D eigenvalue weighted by atomic mass is 9.92. The fourth-order valence-corrected chi connectivity index (χ4v) is 3.65. The van der Waals surface area contributed by atoms with Crippen LogP contribution in [0.4, 0.5) is 14.9 Å². The Morgan fingerprint density at radius 1 is 0.960 bits per heavy atom. The van der Waals surface area contributed by atoms with E-state index < -0.39 is 0 Å². The molecule has 0 aromatic heterocycles. The van der Waals surface area contributed by atoms with Gasteiger partial charge in [-0.25, -0.2) is 9.18 Å². The molecule has 1 aliphatic heterocycles. The number of urea groups is 1. The van der Waals surface area contributed by atoms with Crippen molar-refractivity contribution in [1.29, 1.82) is 0 Å². The number of anilines is 1. The summed E-state index contributed by atoms with van der Waals surface area (Å²) in [6, 6.07) is 5.85. The van der Waals surface area contributed by atoms with Crippen LogP contribution in [0, 0.1) is 11.7 Å². The first kappa shape index (κ1) is 17.7. The molecule has 1 aliphatic carbocycles. The summed E-state index contributed by atoms with van der Waals surface area (Å²) in [6.07, 6.45) is 7.23. The van der Waals surface area contributed by atoms with Gasteiger partial charge in [-0.15, -0.1) is 0 Å². The SMILES string of the molecule is O=C(NC1CCCCC1)C1CCN(C(=O)Nc2ccc(F)cc2)CC1. The summed E-state index contributed by atoms with van der Waals surface area (Å²) >= 11 is 0. The van der Waals surface area contributed by atoms with Gasteiger partial charge in [0, 0.05) is 30.7 Å². The van der Waals surface area contributed by atoms with Gasteiger partial charge in [0.25, 0.3) is 0 Å². The van der Waals surface area contributed by atoms with Gasteiger partial charge in [-0.1, -0.05) is 19.3 Å². The smallest absolute Gasteiger partial charge is 0.321 e. The van der Waals surface area contributed by atoms with Crippen molar-refractivity contribution in [2.45, 2.75) is 51.0 Å². The number of piperidine rings is 1. The third kappa shape index (κ3) is 4.94. The number of nitrogens with one attached hydrogen (secondary N) is 2. The zero-order valence-corrected chi connectivity index (χ0v) is 14.5. The van der Waals surface area contributed by atoms with Gasteiger partial charge in [0.2, 0.25) is 5.91 Å². The number of amides is 3. The molecule has 1 heterocycles. The summed E-state index contributed by atoms with van der Waals surface area (Å²) < 4.78 is 12.9. The minimum Gasteiger partial charge on any atom is -0.353 e. The van der Waals surface area contributed by atoms with Crippen LogP contribution in [0.5, 0.6) is 0 Å². The van der Waals surface area contributed by atoms with Crippen molar-refractivity contribution >= 4 is 17.6 Å². The van der Waals surface area contributed by atoms with Crippen LogP contribution in [0.3, 0.4) is 0 Å². The summed E-state index contributed by atoms with van der Waals surface area (Å²) in [7, 11) is 0. The van der Waals surface area contributed by atoms with E-state index in [9.17, 15) is 14.0 Å². The molecule has 1 saturated heterocycles. The van der Waals surface area contributed by atoms with Crippen LogP contribution in [0.1, 0.15) is 44.9 Å². The molecule has 3 amide bonds. The molecule has 2 aliphatic rings. The molecule has 0 unspecified atom stereocenters. The highest BCUT2D eigenvalue weighted by Crippen LogP contribution is 2.21. The number of nitrogens with zero attached hydrogens (tertiary/aromatic N) is 1. The standard InChI is InChI=1S/C19H26FN3O2/c20-15-6-8-17(9-7-15)22-19(25)23-12-10-14(11-13-23)18(24)21-16-4-2-1-3-5-16/h6-9,14,16H,1-5,10-13H2,(H,21,24)(H,22,25).